The van der Waals surface area contributed by atoms with Crippen LogP contribution >= 0.6 is 45.5 Å². The van der Waals surface area contributed by atoms with Crippen LogP contribution in [0, 0.1) is 3.57 Å². The average molecular weight is 407 g/mol. The Morgan fingerprint density at radius 3 is 2.79 bits per heavy atom. The highest BCUT2D eigenvalue weighted by molar-refractivity contribution is 14.1. The number of aromatic nitrogens is 2. The zero-order chi connectivity index (χ0) is 13.4. The van der Waals surface area contributed by atoms with Crippen LogP contribution in [0.4, 0.5) is 0 Å². The molecule has 0 aromatic carbocycles. The molecule has 100 valence electrons. The number of hydrogen-bond acceptors (Lipinski definition) is 3. The van der Waals surface area contributed by atoms with Crippen molar-refractivity contribution in [2.45, 2.75) is 31.6 Å². The molecule has 6 heteroatoms. The van der Waals surface area contributed by atoms with E-state index < -0.39 is 0 Å². The summed E-state index contributed by atoms with van der Waals surface area (Å²) in [6.45, 7) is 0. The second-order valence-corrected chi connectivity index (χ2v) is 7.15. The fourth-order valence-corrected chi connectivity index (χ4v) is 4.21. The normalized spacial score (nSPS) is 16.1. The Morgan fingerprint density at radius 2 is 2.16 bits per heavy atom. The molecule has 0 saturated heterocycles. The third-order valence-electron chi connectivity index (χ3n) is 3.43. The van der Waals surface area contributed by atoms with Crippen LogP contribution in [0.5, 0.6) is 0 Å². The van der Waals surface area contributed by atoms with Gasteiger partial charge < -0.3 is 4.98 Å². The average Bonchev–Trinajstić information content (AvgIpc) is 3.03. The summed E-state index contributed by atoms with van der Waals surface area (Å²) in [5, 5.41) is 2.54. The summed E-state index contributed by atoms with van der Waals surface area (Å²) in [5.41, 5.74) is 0.915. The molecule has 0 unspecified atom stereocenters. The maximum Gasteiger partial charge on any atom is 0.264 e. The number of halogens is 2. The highest BCUT2D eigenvalue weighted by Crippen LogP contribution is 2.35. The second-order valence-electron chi connectivity index (χ2n) is 4.72. The third kappa shape index (κ3) is 2.73. The smallest absolute Gasteiger partial charge is 0.264 e. The minimum atomic E-state index is -0.0444. The Bertz CT molecular complexity index is 661. The largest absolute Gasteiger partial charge is 0.305 e. The fourth-order valence-electron chi connectivity index (χ4n) is 2.50. The van der Waals surface area contributed by atoms with Crippen LogP contribution in [-0.2, 0) is 0 Å². The molecule has 0 aliphatic heterocycles. The van der Waals surface area contributed by atoms with Crippen molar-refractivity contribution in [2.75, 3.05) is 0 Å². The van der Waals surface area contributed by atoms with Gasteiger partial charge in [-0.15, -0.1) is 11.3 Å². The molecule has 0 spiro atoms. The number of thiophene rings is 1. The van der Waals surface area contributed by atoms with Gasteiger partial charge in [0.05, 0.1) is 15.6 Å². The molecule has 1 N–H and O–H groups in total. The van der Waals surface area contributed by atoms with Gasteiger partial charge in [0.1, 0.15) is 3.57 Å². The zero-order valence-electron chi connectivity index (χ0n) is 10.1. The van der Waals surface area contributed by atoms with E-state index in [0.29, 0.717) is 16.8 Å². The lowest BCUT2D eigenvalue weighted by Gasteiger charge is -2.11. The van der Waals surface area contributed by atoms with Crippen LogP contribution < -0.4 is 5.56 Å². The topological polar surface area (TPSA) is 45.8 Å². The van der Waals surface area contributed by atoms with Gasteiger partial charge in [-0.25, -0.2) is 4.98 Å². The van der Waals surface area contributed by atoms with E-state index in [9.17, 15) is 4.79 Å². The number of H-pyrrole nitrogens is 1. The molecular weight excluding hydrogens is 395 g/mol. The molecule has 1 fully saturated rings. The van der Waals surface area contributed by atoms with Crippen molar-refractivity contribution >= 4 is 45.5 Å². The predicted octanol–water partition coefficient (Wildman–Crippen LogP) is 4.41. The molecule has 0 amide bonds. The van der Waals surface area contributed by atoms with Crippen LogP contribution in [-0.4, -0.2) is 9.97 Å². The number of aromatic amines is 1. The van der Waals surface area contributed by atoms with Crippen molar-refractivity contribution in [3.8, 4) is 10.7 Å². The quantitative estimate of drug-likeness (QED) is 0.751. The van der Waals surface area contributed by atoms with E-state index in [1.54, 1.807) is 0 Å². The molecule has 0 atom stereocenters. The number of nitrogens with one attached hydrogen (secondary N) is 1. The van der Waals surface area contributed by atoms with Crippen molar-refractivity contribution in [2.24, 2.45) is 0 Å². The maximum absolute atomic E-state index is 12.1. The highest BCUT2D eigenvalue weighted by atomic mass is 127. The lowest BCUT2D eigenvalue weighted by molar-refractivity contribution is 0.688. The van der Waals surface area contributed by atoms with E-state index in [1.165, 1.54) is 24.2 Å². The molecule has 2 heterocycles. The van der Waals surface area contributed by atoms with Gasteiger partial charge in [-0.1, -0.05) is 24.4 Å². The summed E-state index contributed by atoms with van der Waals surface area (Å²) in [6, 6.07) is 1.84. The Morgan fingerprint density at radius 1 is 1.42 bits per heavy atom. The molecule has 19 heavy (non-hydrogen) atoms. The standard InChI is InChI=1S/C13H12ClIN2OS/c14-8-5-9(19-6-8)12-16-11(7-3-1-2-4-7)10(15)13(18)17-12/h5-7H,1-4H2,(H,16,17,18). The Hall–Kier alpha value is -0.400. The minimum absolute atomic E-state index is 0.0444. The number of nitrogens with zero attached hydrogens (tertiary/aromatic N) is 1. The summed E-state index contributed by atoms with van der Waals surface area (Å²) in [6.07, 6.45) is 4.74. The first-order chi connectivity index (χ1) is 9.15. The molecular formula is C13H12ClIN2OS. The Labute approximate surface area is 133 Å². The minimum Gasteiger partial charge on any atom is -0.305 e. The van der Waals surface area contributed by atoms with Crippen LogP contribution in [0.15, 0.2) is 16.2 Å². The molecule has 0 bridgehead atoms. The van der Waals surface area contributed by atoms with Crippen molar-refractivity contribution in [3.63, 3.8) is 0 Å². The molecule has 3 nitrogen and oxygen atoms in total. The molecule has 2 aromatic heterocycles. The zero-order valence-corrected chi connectivity index (χ0v) is 13.8. The predicted molar refractivity (Wildman–Crippen MR) is 87.1 cm³/mol. The van der Waals surface area contributed by atoms with Gasteiger partial charge in [-0.05, 0) is 41.5 Å². The van der Waals surface area contributed by atoms with Crippen LogP contribution in [0.3, 0.4) is 0 Å². The summed E-state index contributed by atoms with van der Waals surface area (Å²) < 4.78 is 0.732. The summed E-state index contributed by atoms with van der Waals surface area (Å²) in [5.74, 6) is 1.08. The van der Waals surface area contributed by atoms with Crippen molar-refractivity contribution in [1.82, 2.24) is 9.97 Å². The molecule has 2 aromatic rings. The van der Waals surface area contributed by atoms with E-state index in [-0.39, 0.29) is 5.56 Å². The lowest BCUT2D eigenvalue weighted by atomic mass is 10.0. The molecule has 1 aliphatic carbocycles. The van der Waals surface area contributed by atoms with Gasteiger partial charge in [0.2, 0.25) is 0 Å². The fraction of sp³-hybridized carbons (Fsp3) is 0.385. The van der Waals surface area contributed by atoms with Gasteiger partial charge in [0.25, 0.3) is 5.56 Å². The van der Waals surface area contributed by atoms with E-state index >= 15 is 0 Å². The second kappa shape index (κ2) is 5.54. The van der Waals surface area contributed by atoms with Crippen molar-refractivity contribution in [1.29, 1.82) is 0 Å². The Kier molecular flexibility index (Phi) is 3.96. The first-order valence-corrected chi connectivity index (χ1v) is 8.53. The van der Waals surface area contributed by atoms with E-state index in [1.807, 2.05) is 11.4 Å². The van der Waals surface area contributed by atoms with E-state index in [4.69, 9.17) is 11.6 Å². The van der Waals surface area contributed by atoms with Gasteiger partial charge in [-0.2, -0.15) is 0 Å². The van der Waals surface area contributed by atoms with Crippen LogP contribution in [0.1, 0.15) is 37.3 Å². The van der Waals surface area contributed by atoms with Gasteiger partial charge in [-0.3, -0.25) is 4.79 Å². The number of hydrogen-bond donors (Lipinski definition) is 1. The molecule has 3 rings (SSSR count). The summed E-state index contributed by atoms with van der Waals surface area (Å²) in [7, 11) is 0. The number of rotatable bonds is 2. The van der Waals surface area contributed by atoms with E-state index in [0.717, 1.165) is 27.0 Å². The SMILES string of the molecule is O=c1[nH]c(-c2cc(Cl)cs2)nc(C2CCCC2)c1I. The van der Waals surface area contributed by atoms with Crippen LogP contribution in [0.25, 0.3) is 10.7 Å². The summed E-state index contributed by atoms with van der Waals surface area (Å²) in [4.78, 5) is 20.5. The summed E-state index contributed by atoms with van der Waals surface area (Å²) >= 11 is 9.55. The van der Waals surface area contributed by atoms with Gasteiger partial charge >= 0.3 is 0 Å². The van der Waals surface area contributed by atoms with Crippen LogP contribution in [0.2, 0.25) is 5.02 Å². The van der Waals surface area contributed by atoms with Crippen molar-refractivity contribution in [3.05, 3.63) is 36.1 Å². The molecule has 0 radical (unpaired) electrons. The highest BCUT2D eigenvalue weighted by Gasteiger charge is 2.23. The maximum atomic E-state index is 12.1. The van der Waals surface area contributed by atoms with Gasteiger partial charge in [0.15, 0.2) is 5.82 Å². The van der Waals surface area contributed by atoms with E-state index in [2.05, 4.69) is 32.6 Å². The first-order valence-electron chi connectivity index (χ1n) is 6.19. The van der Waals surface area contributed by atoms with Gasteiger partial charge in [0, 0.05) is 11.3 Å². The Balaban J connectivity index is 2.09. The molecule has 1 aliphatic rings. The third-order valence-corrected chi connectivity index (χ3v) is 5.76. The first kappa shape index (κ1) is 13.6. The van der Waals surface area contributed by atoms with Crippen molar-refractivity contribution < 1.29 is 0 Å². The molecule has 1 saturated carbocycles. The lowest BCUT2D eigenvalue weighted by Crippen LogP contribution is -2.17. The monoisotopic (exact) mass is 406 g/mol.